The molecule has 0 saturated carbocycles. The third-order valence-electron chi connectivity index (χ3n) is 2.52. The van der Waals surface area contributed by atoms with Crippen LogP contribution in [0.5, 0.6) is 0 Å². The molecule has 2 nitrogen and oxygen atoms in total. The topological polar surface area (TPSA) is 24.4 Å². The van der Waals surface area contributed by atoms with E-state index in [9.17, 15) is 8.78 Å². The highest BCUT2D eigenvalue weighted by Crippen LogP contribution is 2.27. The van der Waals surface area contributed by atoms with Crippen LogP contribution in [0.15, 0.2) is 23.2 Å². The molecular formula is C12H14F2N2S. The largest absolute Gasteiger partial charge is 0.332 e. The van der Waals surface area contributed by atoms with E-state index in [4.69, 9.17) is 0 Å². The quantitative estimate of drug-likeness (QED) is 0.829. The van der Waals surface area contributed by atoms with Crippen LogP contribution < -0.4 is 5.32 Å². The Morgan fingerprint density at radius 2 is 2.12 bits per heavy atom. The third kappa shape index (κ3) is 2.97. The number of halogens is 2. The smallest absolute Gasteiger partial charge is 0.182 e. The van der Waals surface area contributed by atoms with Crippen molar-refractivity contribution in [3.63, 3.8) is 0 Å². The van der Waals surface area contributed by atoms with Crippen molar-refractivity contribution in [1.29, 1.82) is 0 Å². The van der Waals surface area contributed by atoms with E-state index in [-0.39, 0.29) is 11.7 Å². The molecule has 0 saturated heterocycles. The van der Waals surface area contributed by atoms with Gasteiger partial charge in [0.25, 0.3) is 0 Å². The van der Waals surface area contributed by atoms with E-state index >= 15 is 0 Å². The summed E-state index contributed by atoms with van der Waals surface area (Å²) < 4.78 is 26.5. The Bertz CT molecular complexity index is 448. The van der Waals surface area contributed by atoms with E-state index < -0.39 is 11.6 Å². The van der Waals surface area contributed by atoms with Gasteiger partial charge in [-0.2, -0.15) is 0 Å². The Morgan fingerprint density at radius 3 is 2.82 bits per heavy atom. The van der Waals surface area contributed by atoms with E-state index in [1.807, 2.05) is 6.92 Å². The fraction of sp³-hybridized carbons (Fsp3) is 0.417. The van der Waals surface area contributed by atoms with Crippen LogP contribution in [0.1, 0.15) is 20.3 Å². The highest BCUT2D eigenvalue weighted by atomic mass is 32.2. The minimum Gasteiger partial charge on any atom is -0.332 e. The molecule has 0 radical (unpaired) electrons. The van der Waals surface area contributed by atoms with Gasteiger partial charge in [0, 0.05) is 5.25 Å². The number of hydrogen-bond donors (Lipinski definition) is 1. The lowest BCUT2D eigenvalue weighted by atomic mass is 10.2. The molecule has 1 aromatic carbocycles. The van der Waals surface area contributed by atoms with Crippen LogP contribution in [0.3, 0.4) is 0 Å². The maximum absolute atomic E-state index is 13.4. The summed E-state index contributed by atoms with van der Waals surface area (Å²) in [6.07, 6.45) is 1.00. The van der Waals surface area contributed by atoms with Crippen LogP contribution in [0, 0.1) is 11.6 Å². The molecule has 2 atom stereocenters. The summed E-state index contributed by atoms with van der Waals surface area (Å²) in [5.74, 6) is -1.71. The van der Waals surface area contributed by atoms with Crippen molar-refractivity contribution in [2.45, 2.75) is 31.6 Å². The SMILES string of the molecule is CC1CC(C)SC(Nc2cccc(F)c2F)=N1. The lowest BCUT2D eigenvalue weighted by molar-refractivity contribution is 0.512. The lowest BCUT2D eigenvalue weighted by Crippen LogP contribution is -2.23. The fourth-order valence-electron chi connectivity index (χ4n) is 1.78. The molecule has 1 aromatic rings. The highest BCUT2D eigenvalue weighted by molar-refractivity contribution is 8.14. The van der Waals surface area contributed by atoms with Gasteiger partial charge in [0.05, 0.1) is 11.7 Å². The van der Waals surface area contributed by atoms with Crippen molar-refractivity contribution in [3.8, 4) is 0 Å². The number of hydrogen-bond acceptors (Lipinski definition) is 3. The number of nitrogens with zero attached hydrogens (tertiary/aromatic N) is 1. The predicted octanol–water partition coefficient (Wildman–Crippen LogP) is 3.65. The molecule has 1 N–H and O–H groups in total. The fourth-order valence-corrected chi connectivity index (χ4v) is 2.95. The molecule has 0 spiro atoms. The normalized spacial score (nSPS) is 24.4. The summed E-state index contributed by atoms with van der Waals surface area (Å²) in [5, 5.41) is 3.93. The van der Waals surface area contributed by atoms with E-state index in [0.29, 0.717) is 10.4 Å². The standard InChI is InChI=1S/C12H14F2N2S/c1-7-6-8(2)17-12(15-7)16-10-5-3-4-9(13)11(10)14/h3-5,7-8H,6H2,1-2H3,(H,15,16). The van der Waals surface area contributed by atoms with E-state index in [2.05, 4.69) is 17.2 Å². The van der Waals surface area contributed by atoms with Gasteiger partial charge in [0.15, 0.2) is 16.8 Å². The van der Waals surface area contributed by atoms with Crippen molar-refractivity contribution in [2.75, 3.05) is 5.32 Å². The summed E-state index contributed by atoms with van der Waals surface area (Å²) in [6, 6.07) is 4.29. The van der Waals surface area contributed by atoms with Crippen molar-refractivity contribution >= 4 is 22.6 Å². The number of nitrogens with one attached hydrogen (secondary N) is 1. The second-order valence-electron chi connectivity index (χ2n) is 4.17. The van der Waals surface area contributed by atoms with Crippen LogP contribution in [-0.2, 0) is 0 Å². The molecule has 0 aromatic heterocycles. The summed E-state index contributed by atoms with van der Waals surface area (Å²) in [4.78, 5) is 4.38. The Balaban J connectivity index is 2.18. The first-order valence-corrected chi connectivity index (χ1v) is 6.39. The number of anilines is 1. The van der Waals surface area contributed by atoms with Crippen LogP contribution in [0.4, 0.5) is 14.5 Å². The van der Waals surface area contributed by atoms with Crippen molar-refractivity contribution in [1.82, 2.24) is 0 Å². The first kappa shape index (κ1) is 12.4. The molecule has 0 bridgehead atoms. The molecule has 2 unspecified atom stereocenters. The number of benzene rings is 1. The highest BCUT2D eigenvalue weighted by Gasteiger charge is 2.19. The second-order valence-corrected chi connectivity index (χ2v) is 5.60. The Kier molecular flexibility index (Phi) is 3.66. The summed E-state index contributed by atoms with van der Waals surface area (Å²) >= 11 is 1.55. The van der Waals surface area contributed by atoms with Gasteiger partial charge in [-0.1, -0.05) is 24.8 Å². The molecule has 92 valence electrons. The van der Waals surface area contributed by atoms with E-state index in [1.165, 1.54) is 12.1 Å². The molecule has 1 aliphatic rings. The average Bonchev–Trinajstić information content (AvgIpc) is 2.23. The summed E-state index contributed by atoms with van der Waals surface area (Å²) in [7, 11) is 0. The minimum atomic E-state index is -0.860. The summed E-state index contributed by atoms with van der Waals surface area (Å²) in [6.45, 7) is 4.11. The van der Waals surface area contributed by atoms with E-state index in [0.717, 1.165) is 12.5 Å². The van der Waals surface area contributed by atoms with Crippen molar-refractivity contribution < 1.29 is 8.78 Å². The number of rotatable bonds is 1. The molecular weight excluding hydrogens is 242 g/mol. The molecule has 1 aliphatic heterocycles. The maximum Gasteiger partial charge on any atom is 0.182 e. The number of amidine groups is 1. The molecule has 0 aliphatic carbocycles. The maximum atomic E-state index is 13.4. The van der Waals surface area contributed by atoms with Gasteiger partial charge in [0.2, 0.25) is 0 Å². The zero-order valence-corrected chi connectivity index (χ0v) is 10.5. The van der Waals surface area contributed by atoms with E-state index in [1.54, 1.807) is 11.8 Å². The van der Waals surface area contributed by atoms with Gasteiger partial charge in [0.1, 0.15) is 0 Å². The van der Waals surface area contributed by atoms with Gasteiger partial charge < -0.3 is 5.32 Å². The molecule has 5 heteroatoms. The van der Waals surface area contributed by atoms with Gasteiger partial charge in [-0.15, -0.1) is 0 Å². The third-order valence-corrected chi connectivity index (χ3v) is 3.54. The monoisotopic (exact) mass is 256 g/mol. The van der Waals surface area contributed by atoms with Crippen LogP contribution in [-0.4, -0.2) is 16.5 Å². The molecule has 1 heterocycles. The predicted molar refractivity (Wildman–Crippen MR) is 68.5 cm³/mol. The average molecular weight is 256 g/mol. The van der Waals surface area contributed by atoms with Gasteiger partial charge >= 0.3 is 0 Å². The first-order chi connectivity index (χ1) is 8.06. The molecule has 17 heavy (non-hydrogen) atoms. The zero-order valence-electron chi connectivity index (χ0n) is 9.71. The van der Waals surface area contributed by atoms with Gasteiger partial charge in [-0.3, -0.25) is 4.99 Å². The first-order valence-electron chi connectivity index (χ1n) is 5.51. The molecule has 0 fully saturated rings. The Labute approximate surface area is 104 Å². The second kappa shape index (κ2) is 5.04. The Hall–Kier alpha value is -1.10. The minimum absolute atomic E-state index is 0.137. The number of thioether (sulfide) groups is 1. The zero-order chi connectivity index (χ0) is 12.4. The Morgan fingerprint density at radius 1 is 1.35 bits per heavy atom. The van der Waals surface area contributed by atoms with Crippen LogP contribution >= 0.6 is 11.8 Å². The molecule has 0 amide bonds. The van der Waals surface area contributed by atoms with Crippen LogP contribution in [0.2, 0.25) is 0 Å². The lowest BCUT2D eigenvalue weighted by Gasteiger charge is -2.23. The number of aliphatic imine (C=N–C) groups is 1. The van der Waals surface area contributed by atoms with Gasteiger partial charge in [-0.05, 0) is 25.5 Å². The van der Waals surface area contributed by atoms with Gasteiger partial charge in [-0.25, -0.2) is 8.78 Å². The van der Waals surface area contributed by atoms with Crippen molar-refractivity contribution in [3.05, 3.63) is 29.8 Å². The summed E-state index contributed by atoms with van der Waals surface area (Å²) in [5.41, 5.74) is 0.137. The van der Waals surface area contributed by atoms with Crippen molar-refractivity contribution in [2.24, 2.45) is 4.99 Å². The molecule has 2 rings (SSSR count). The van der Waals surface area contributed by atoms with Crippen LogP contribution in [0.25, 0.3) is 0 Å².